The molecule has 2 aromatic carbocycles. The summed E-state index contributed by atoms with van der Waals surface area (Å²) in [6, 6.07) is 10.2. The van der Waals surface area contributed by atoms with Gasteiger partial charge in [0, 0.05) is 44.2 Å². The van der Waals surface area contributed by atoms with E-state index < -0.39 is 23.3 Å². The number of hydrogen-bond donors (Lipinski definition) is 0. The first-order valence-corrected chi connectivity index (χ1v) is 16.7. The van der Waals surface area contributed by atoms with Crippen LogP contribution in [0.5, 0.6) is 17.6 Å². The summed E-state index contributed by atoms with van der Waals surface area (Å²) in [5.74, 6) is -0.605. The quantitative estimate of drug-likeness (QED) is 0.0965. The number of methoxy groups -OCH3 is 1. The van der Waals surface area contributed by atoms with Crippen molar-refractivity contribution in [1.82, 2.24) is 24.8 Å². The van der Waals surface area contributed by atoms with Crippen molar-refractivity contribution >= 4 is 21.7 Å². The van der Waals surface area contributed by atoms with Crippen LogP contribution in [-0.2, 0) is 17.6 Å². The molecule has 2 saturated heterocycles. The van der Waals surface area contributed by atoms with Gasteiger partial charge in [0.05, 0.1) is 17.5 Å². The summed E-state index contributed by atoms with van der Waals surface area (Å²) < 4.78 is 69.6. The molecule has 49 heavy (non-hydrogen) atoms. The smallest absolute Gasteiger partial charge is 0.320 e. The van der Waals surface area contributed by atoms with Gasteiger partial charge in [-0.1, -0.05) is 19.1 Å². The Morgan fingerprint density at radius 3 is 2.78 bits per heavy atom. The molecular formula is C37H38F3N5O4. The largest absolute Gasteiger partial charge is 0.477 e. The Morgan fingerprint density at radius 2 is 1.96 bits per heavy atom. The van der Waals surface area contributed by atoms with Crippen LogP contribution in [-0.4, -0.2) is 76.8 Å². The van der Waals surface area contributed by atoms with Crippen molar-refractivity contribution in [2.24, 2.45) is 0 Å². The zero-order chi connectivity index (χ0) is 34.0. The third kappa shape index (κ3) is 6.59. The topological polar surface area (TPSA) is 91.7 Å². The fourth-order valence-corrected chi connectivity index (χ4v) is 7.24. The van der Waals surface area contributed by atoms with Crippen LogP contribution in [0.3, 0.4) is 0 Å². The molecule has 5 heterocycles. The van der Waals surface area contributed by atoms with Crippen LogP contribution < -0.4 is 14.2 Å². The third-order valence-electron chi connectivity index (χ3n) is 9.52. The number of alkyl halides is 1. The molecule has 0 bridgehead atoms. The van der Waals surface area contributed by atoms with Gasteiger partial charge in [0.2, 0.25) is 5.88 Å². The van der Waals surface area contributed by atoms with E-state index in [1.165, 1.54) is 19.4 Å². The number of hydrogen-bond acceptors (Lipinski definition) is 9. The van der Waals surface area contributed by atoms with Gasteiger partial charge in [-0.15, -0.1) is 0 Å². The molecule has 0 amide bonds. The Labute approximate surface area is 282 Å². The summed E-state index contributed by atoms with van der Waals surface area (Å²) in [5, 5.41) is 1.45. The molecule has 3 aromatic heterocycles. The summed E-state index contributed by atoms with van der Waals surface area (Å²) in [5.41, 5.74) is 1.30. The summed E-state index contributed by atoms with van der Waals surface area (Å²) in [6.45, 7) is 3.45. The Bertz CT molecular complexity index is 1970. The lowest BCUT2D eigenvalue weighted by atomic mass is 9.94. The van der Waals surface area contributed by atoms with Crippen LogP contribution in [0.1, 0.15) is 43.7 Å². The number of pyridine rings is 2. The molecule has 5 aromatic rings. The fourth-order valence-electron chi connectivity index (χ4n) is 7.24. The molecule has 0 unspecified atom stereocenters. The molecule has 7 rings (SSSR count). The second kappa shape index (κ2) is 14.1. The number of nitrogens with zero attached hydrogens (tertiary/aromatic N) is 5. The Kier molecular flexibility index (Phi) is 9.50. The molecule has 0 radical (unpaired) electrons. The minimum Gasteiger partial charge on any atom is -0.477 e. The lowest BCUT2D eigenvalue weighted by Gasteiger charge is -2.30. The third-order valence-corrected chi connectivity index (χ3v) is 9.52. The molecule has 0 spiro atoms. The van der Waals surface area contributed by atoms with Gasteiger partial charge in [0.25, 0.3) is 0 Å². The van der Waals surface area contributed by atoms with Crippen molar-refractivity contribution in [3.8, 4) is 28.9 Å². The lowest BCUT2D eigenvalue weighted by molar-refractivity contribution is 0.0512. The Morgan fingerprint density at radius 1 is 1.06 bits per heavy atom. The van der Waals surface area contributed by atoms with E-state index in [9.17, 15) is 4.39 Å². The molecule has 9 nitrogen and oxygen atoms in total. The number of benzene rings is 2. The summed E-state index contributed by atoms with van der Waals surface area (Å²) in [6.07, 6.45) is 7.94. The number of aromatic nitrogens is 4. The molecule has 2 atom stereocenters. The van der Waals surface area contributed by atoms with E-state index >= 15 is 8.78 Å². The monoisotopic (exact) mass is 673 g/mol. The molecule has 2 aliphatic rings. The number of ether oxygens (including phenoxy) is 4. The summed E-state index contributed by atoms with van der Waals surface area (Å²) in [7, 11) is 1.50. The van der Waals surface area contributed by atoms with Gasteiger partial charge in [-0.2, -0.15) is 9.97 Å². The van der Waals surface area contributed by atoms with Gasteiger partial charge in [0.1, 0.15) is 35.6 Å². The van der Waals surface area contributed by atoms with Crippen LogP contribution in [0.15, 0.2) is 55.0 Å². The molecule has 2 fully saturated rings. The standard InChI is InChI=1S/C37H38F3N5O4/c1-3-27-30(39)10-9-24-15-26(49-22-46-2)16-28(31(24)27)33-32(40)34-29(19-42-33)35(47-14-5-8-23-7-4-12-41-18-23)44-36(43-34)48-21-37-11-6-13-45(37)20-25(38)17-37/h4,7,9-10,12,15-16,18-19,25H,3,5-6,8,11,13-14,17,20-22H2,1-2H3/t25-,37+/m1/s1. The number of rotatable bonds is 13. The van der Waals surface area contributed by atoms with E-state index in [-0.39, 0.29) is 48.5 Å². The van der Waals surface area contributed by atoms with Gasteiger partial charge in [0.15, 0.2) is 12.6 Å². The van der Waals surface area contributed by atoms with E-state index in [0.717, 1.165) is 31.4 Å². The normalized spacial score (nSPS) is 19.1. The highest BCUT2D eigenvalue weighted by Gasteiger charge is 2.49. The van der Waals surface area contributed by atoms with Crippen LogP contribution in [0.2, 0.25) is 0 Å². The maximum Gasteiger partial charge on any atom is 0.320 e. The maximum absolute atomic E-state index is 16.9. The molecular weight excluding hydrogens is 635 g/mol. The predicted octanol–water partition coefficient (Wildman–Crippen LogP) is 7.03. The van der Waals surface area contributed by atoms with Gasteiger partial charge >= 0.3 is 6.01 Å². The van der Waals surface area contributed by atoms with Crippen LogP contribution in [0.25, 0.3) is 32.9 Å². The first kappa shape index (κ1) is 33.0. The van der Waals surface area contributed by atoms with E-state index in [1.54, 1.807) is 30.6 Å². The second-order valence-corrected chi connectivity index (χ2v) is 12.7. The average molecular weight is 674 g/mol. The Hall–Kier alpha value is -4.55. The number of aryl methyl sites for hydroxylation is 2. The van der Waals surface area contributed by atoms with Gasteiger partial charge in [-0.05, 0) is 84.8 Å². The highest BCUT2D eigenvalue weighted by molar-refractivity contribution is 6.01. The minimum atomic E-state index is -0.928. The fraction of sp³-hybridized carbons (Fsp3) is 0.405. The van der Waals surface area contributed by atoms with Crippen molar-refractivity contribution in [1.29, 1.82) is 0 Å². The highest BCUT2D eigenvalue weighted by Crippen LogP contribution is 2.42. The van der Waals surface area contributed by atoms with Crippen molar-refractivity contribution in [2.75, 3.05) is 40.2 Å². The summed E-state index contributed by atoms with van der Waals surface area (Å²) in [4.78, 5) is 19.9. The first-order chi connectivity index (χ1) is 23.9. The molecule has 0 saturated carbocycles. The SMILES string of the molecule is CCc1c(F)ccc2cc(OCOC)cc(-c3ncc4c(OCCCc5cccnc5)nc(OC[C@@]56CCCN5C[C@H](F)C6)nc4c3F)c12. The van der Waals surface area contributed by atoms with Crippen LogP contribution in [0.4, 0.5) is 13.2 Å². The minimum absolute atomic E-state index is 0.0299. The number of fused-ring (bicyclic) bond motifs is 3. The zero-order valence-corrected chi connectivity index (χ0v) is 27.6. The molecule has 256 valence electrons. The van der Waals surface area contributed by atoms with Crippen LogP contribution in [0, 0.1) is 11.6 Å². The van der Waals surface area contributed by atoms with Gasteiger partial charge in [-0.25, -0.2) is 13.2 Å². The maximum atomic E-state index is 16.9. The Balaban J connectivity index is 1.29. The van der Waals surface area contributed by atoms with Crippen LogP contribution >= 0.6 is 0 Å². The molecule has 0 aliphatic carbocycles. The molecule has 0 N–H and O–H groups in total. The highest BCUT2D eigenvalue weighted by atomic mass is 19.1. The molecule has 2 aliphatic heterocycles. The second-order valence-electron chi connectivity index (χ2n) is 12.7. The van der Waals surface area contributed by atoms with Crippen molar-refractivity contribution < 1.29 is 32.1 Å². The van der Waals surface area contributed by atoms with Crippen molar-refractivity contribution in [3.05, 3.63) is 77.8 Å². The number of halogens is 3. The zero-order valence-electron chi connectivity index (χ0n) is 27.6. The van der Waals surface area contributed by atoms with Crippen molar-refractivity contribution in [3.63, 3.8) is 0 Å². The predicted molar refractivity (Wildman–Crippen MR) is 179 cm³/mol. The van der Waals surface area contributed by atoms with E-state index in [4.69, 9.17) is 18.9 Å². The van der Waals surface area contributed by atoms with Gasteiger partial charge in [-0.3, -0.25) is 14.9 Å². The van der Waals surface area contributed by atoms with E-state index in [2.05, 4.69) is 24.8 Å². The van der Waals surface area contributed by atoms with E-state index in [0.29, 0.717) is 53.5 Å². The molecule has 12 heteroatoms. The average Bonchev–Trinajstić information content (AvgIpc) is 3.64. The van der Waals surface area contributed by atoms with E-state index in [1.807, 2.05) is 19.1 Å². The first-order valence-electron chi connectivity index (χ1n) is 16.7. The summed E-state index contributed by atoms with van der Waals surface area (Å²) >= 11 is 0. The van der Waals surface area contributed by atoms with Crippen molar-refractivity contribution in [2.45, 2.75) is 57.2 Å². The van der Waals surface area contributed by atoms with Gasteiger partial charge < -0.3 is 18.9 Å². The lowest BCUT2D eigenvalue weighted by Crippen LogP contribution is -2.43.